The van der Waals surface area contributed by atoms with Gasteiger partial charge in [-0.1, -0.05) is 0 Å². The smallest absolute Gasteiger partial charge is 0.113 e. The molecule has 1 fully saturated rings. The topological polar surface area (TPSA) is 12.0 Å². The second kappa shape index (κ2) is 2.26. The molecule has 1 radical (unpaired) electrons. The number of nitrogens with one attached hydrogen (secondary N) is 1. The summed E-state index contributed by atoms with van der Waals surface area (Å²) in [5, 5.41) is 2.83. The minimum Gasteiger partial charge on any atom is -0.310 e. The molecule has 41 valence electrons. The minimum absolute atomic E-state index is 0.514. The zero-order valence-electron chi connectivity index (χ0n) is 4.15. The van der Waals surface area contributed by atoms with Crippen molar-refractivity contribution in [3.05, 3.63) is 6.54 Å². The monoisotopic (exact) mass is 102 g/mol. The predicted molar refractivity (Wildman–Crippen MR) is 26.4 cm³/mol. The van der Waals surface area contributed by atoms with E-state index in [2.05, 4.69) is 5.32 Å². The van der Waals surface area contributed by atoms with Gasteiger partial charge < -0.3 is 5.32 Å². The van der Waals surface area contributed by atoms with Crippen LogP contribution in [0.5, 0.6) is 0 Å². The van der Waals surface area contributed by atoms with Crippen LogP contribution < -0.4 is 5.32 Å². The van der Waals surface area contributed by atoms with Crippen LogP contribution in [0.3, 0.4) is 0 Å². The third-order valence-corrected chi connectivity index (χ3v) is 1.11. The molecule has 1 atom stereocenters. The van der Waals surface area contributed by atoms with E-state index < -0.39 is 6.17 Å². The highest BCUT2D eigenvalue weighted by atomic mass is 19.1. The summed E-state index contributed by atoms with van der Waals surface area (Å²) in [6.45, 7) is 2.43. The summed E-state index contributed by atoms with van der Waals surface area (Å²) in [7, 11) is 0. The van der Waals surface area contributed by atoms with Gasteiger partial charge in [0.2, 0.25) is 0 Å². The highest BCUT2D eigenvalue weighted by Crippen LogP contribution is 2.06. The van der Waals surface area contributed by atoms with Gasteiger partial charge in [0.05, 0.1) is 0 Å². The van der Waals surface area contributed by atoms with Crippen molar-refractivity contribution in [3.8, 4) is 0 Å². The van der Waals surface area contributed by atoms with E-state index in [0.717, 1.165) is 6.42 Å². The van der Waals surface area contributed by atoms with Crippen LogP contribution >= 0.6 is 0 Å². The first kappa shape index (κ1) is 5.04. The molecule has 0 spiro atoms. The van der Waals surface area contributed by atoms with Gasteiger partial charge in [-0.15, -0.1) is 0 Å². The molecule has 0 aromatic heterocycles. The Bertz CT molecular complexity index is 50.0. The highest BCUT2D eigenvalue weighted by molar-refractivity contribution is 4.74. The summed E-state index contributed by atoms with van der Waals surface area (Å²) in [6.07, 6.45) is 0.971. The summed E-state index contributed by atoms with van der Waals surface area (Å²) >= 11 is 0. The Morgan fingerprint density at radius 2 is 2.57 bits per heavy atom. The molecular weight excluding hydrogens is 93.1 g/mol. The molecule has 0 aromatic rings. The van der Waals surface area contributed by atoms with Crippen LogP contribution in [0.25, 0.3) is 0 Å². The summed E-state index contributed by atoms with van der Waals surface area (Å²) in [5.74, 6) is 0. The number of hydrogen-bond acceptors (Lipinski definition) is 1. The Labute approximate surface area is 42.9 Å². The van der Waals surface area contributed by atoms with Crippen molar-refractivity contribution in [1.82, 2.24) is 5.32 Å². The first-order valence-corrected chi connectivity index (χ1v) is 2.59. The third kappa shape index (κ3) is 1.43. The van der Waals surface area contributed by atoms with Crippen molar-refractivity contribution >= 4 is 0 Å². The molecule has 7 heavy (non-hydrogen) atoms. The molecule has 1 N–H and O–H groups in total. The lowest BCUT2D eigenvalue weighted by atomic mass is 10.1. The Kier molecular flexibility index (Phi) is 1.63. The average Bonchev–Trinajstić information content (AvgIpc) is 1.69. The fourth-order valence-electron chi connectivity index (χ4n) is 0.680. The van der Waals surface area contributed by atoms with Crippen molar-refractivity contribution in [3.63, 3.8) is 0 Å². The van der Waals surface area contributed by atoms with Crippen LogP contribution in [0.4, 0.5) is 4.39 Å². The van der Waals surface area contributed by atoms with Crippen molar-refractivity contribution in [2.24, 2.45) is 0 Å². The summed E-state index contributed by atoms with van der Waals surface area (Å²) < 4.78 is 12.1. The number of hydrogen-bond donors (Lipinski definition) is 1. The first-order valence-electron chi connectivity index (χ1n) is 2.59. The summed E-state index contributed by atoms with van der Waals surface area (Å²) in [4.78, 5) is 0. The lowest BCUT2D eigenvalue weighted by molar-refractivity contribution is 0.282. The van der Waals surface area contributed by atoms with Crippen LogP contribution in [-0.2, 0) is 0 Å². The molecule has 1 aliphatic heterocycles. The standard InChI is InChI=1S/C5H9FN/c6-5-2-1-3-7-4-5/h3,5,7H,1-2,4H2. The normalized spacial score (nSPS) is 33.0. The quantitative estimate of drug-likeness (QED) is 0.478. The largest absolute Gasteiger partial charge is 0.310 e. The van der Waals surface area contributed by atoms with Gasteiger partial charge in [0.25, 0.3) is 0 Å². The van der Waals surface area contributed by atoms with Crippen LogP contribution in [0.1, 0.15) is 12.8 Å². The predicted octanol–water partition coefficient (Wildman–Crippen LogP) is 0.870. The van der Waals surface area contributed by atoms with E-state index in [1.165, 1.54) is 0 Å². The van der Waals surface area contributed by atoms with E-state index in [4.69, 9.17) is 0 Å². The SMILES string of the molecule is FC1CC[CH]NC1. The molecule has 2 heteroatoms. The zero-order valence-corrected chi connectivity index (χ0v) is 4.15. The summed E-state index contributed by atoms with van der Waals surface area (Å²) in [5.41, 5.74) is 0. The molecule has 1 aliphatic rings. The van der Waals surface area contributed by atoms with E-state index in [0.29, 0.717) is 13.0 Å². The second-order valence-electron chi connectivity index (χ2n) is 1.79. The maximum Gasteiger partial charge on any atom is 0.113 e. The highest BCUT2D eigenvalue weighted by Gasteiger charge is 2.09. The van der Waals surface area contributed by atoms with Gasteiger partial charge in [-0.2, -0.15) is 0 Å². The van der Waals surface area contributed by atoms with Gasteiger partial charge in [-0.25, -0.2) is 4.39 Å². The van der Waals surface area contributed by atoms with E-state index in [1.807, 2.05) is 6.54 Å². The number of piperidine rings is 1. The Morgan fingerprint density at radius 1 is 1.71 bits per heavy atom. The van der Waals surface area contributed by atoms with Crippen molar-refractivity contribution in [2.45, 2.75) is 19.0 Å². The van der Waals surface area contributed by atoms with Crippen LogP contribution in [0.2, 0.25) is 0 Å². The molecule has 1 saturated heterocycles. The fourth-order valence-corrected chi connectivity index (χ4v) is 0.680. The summed E-state index contributed by atoms with van der Waals surface area (Å²) in [6, 6.07) is 0. The maximum atomic E-state index is 12.1. The Hall–Kier alpha value is -0.110. The molecule has 0 aromatic carbocycles. The maximum absolute atomic E-state index is 12.1. The fraction of sp³-hybridized carbons (Fsp3) is 0.800. The third-order valence-electron chi connectivity index (χ3n) is 1.11. The molecule has 1 unspecified atom stereocenters. The second-order valence-corrected chi connectivity index (χ2v) is 1.79. The van der Waals surface area contributed by atoms with Crippen LogP contribution in [0, 0.1) is 6.54 Å². The molecule has 1 heterocycles. The van der Waals surface area contributed by atoms with E-state index in [9.17, 15) is 4.39 Å². The van der Waals surface area contributed by atoms with Crippen LogP contribution in [-0.4, -0.2) is 12.7 Å². The minimum atomic E-state index is -0.606. The van der Waals surface area contributed by atoms with Gasteiger partial charge in [0.1, 0.15) is 6.17 Å². The lowest BCUT2D eigenvalue weighted by Gasteiger charge is -2.13. The zero-order chi connectivity index (χ0) is 5.11. The molecule has 0 amide bonds. The van der Waals surface area contributed by atoms with Crippen molar-refractivity contribution in [1.29, 1.82) is 0 Å². The molecule has 0 bridgehead atoms. The van der Waals surface area contributed by atoms with Gasteiger partial charge >= 0.3 is 0 Å². The Balaban J connectivity index is 2.12. The van der Waals surface area contributed by atoms with Crippen molar-refractivity contribution < 1.29 is 4.39 Å². The van der Waals surface area contributed by atoms with E-state index >= 15 is 0 Å². The van der Waals surface area contributed by atoms with Crippen molar-refractivity contribution in [2.75, 3.05) is 6.54 Å². The van der Waals surface area contributed by atoms with Crippen LogP contribution in [0.15, 0.2) is 0 Å². The molecule has 1 rings (SSSR count). The molecular formula is C5H9FN. The van der Waals surface area contributed by atoms with E-state index in [-0.39, 0.29) is 0 Å². The van der Waals surface area contributed by atoms with Gasteiger partial charge in [-0.3, -0.25) is 0 Å². The first-order chi connectivity index (χ1) is 3.39. The molecule has 0 aliphatic carbocycles. The van der Waals surface area contributed by atoms with Gasteiger partial charge in [0.15, 0.2) is 0 Å². The van der Waals surface area contributed by atoms with Gasteiger partial charge in [-0.05, 0) is 12.8 Å². The Morgan fingerprint density at radius 3 is 2.86 bits per heavy atom. The van der Waals surface area contributed by atoms with Gasteiger partial charge in [0, 0.05) is 13.1 Å². The number of alkyl halides is 1. The average molecular weight is 102 g/mol. The number of halogens is 1. The van der Waals surface area contributed by atoms with E-state index in [1.54, 1.807) is 0 Å². The lowest BCUT2D eigenvalue weighted by Crippen LogP contribution is -2.26. The molecule has 1 nitrogen and oxygen atoms in total. The number of rotatable bonds is 0. The molecule has 0 saturated carbocycles.